The molecule has 4 rings (SSSR count). The first-order valence-electron chi connectivity index (χ1n) is 9.22. The van der Waals surface area contributed by atoms with E-state index in [4.69, 9.17) is 4.74 Å². The lowest BCUT2D eigenvalue weighted by molar-refractivity contribution is 0.182. The van der Waals surface area contributed by atoms with Crippen molar-refractivity contribution in [1.29, 1.82) is 0 Å². The molecule has 7 heteroatoms. The molecule has 0 saturated heterocycles. The second-order valence-electron chi connectivity index (χ2n) is 6.52. The first-order chi connectivity index (χ1) is 14.1. The maximum atomic E-state index is 12.0. The second-order valence-corrected chi connectivity index (χ2v) is 6.52. The minimum absolute atomic E-state index is 0.144. The molecule has 29 heavy (non-hydrogen) atoms. The third kappa shape index (κ3) is 3.50. The molecule has 0 bridgehead atoms. The zero-order valence-corrected chi connectivity index (χ0v) is 16.1. The number of benzene rings is 2. The number of hydrogen-bond acceptors (Lipinski definition) is 6. The van der Waals surface area contributed by atoms with E-state index in [1.807, 2.05) is 30.3 Å². The number of hydrogen-bond donors (Lipinski definition) is 2. The van der Waals surface area contributed by atoms with Crippen molar-refractivity contribution >= 4 is 22.5 Å². The third-order valence-electron chi connectivity index (χ3n) is 4.76. The van der Waals surface area contributed by atoms with Crippen LogP contribution in [0.25, 0.3) is 22.2 Å². The molecule has 2 aromatic heterocycles. The number of aryl methyl sites for hydroxylation is 1. The molecule has 2 heterocycles. The zero-order chi connectivity index (χ0) is 20.4. The molecule has 0 aliphatic rings. The largest absolute Gasteiger partial charge is 0.496 e. The Morgan fingerprint density at radius 1 is 1.10 bits per heavy atom. The van der Waals surface area contributed by atoms with Crippen molar-refractivity contribution in [2.75, 3.05) is 12.4 Å². The summed E-state index contributed by atoms with van der Waals surface area (Å²) in [5, 5.41) is 13.6. The Hall–Kier alpha value is -3.87. The van der Waals surface area contributed by atoms with Gasteiger partial charge in [-0.25, -0.2) is 9.78 Å². The highest BCUT2D eigenvalue weighted by atomic mass is 16.5. The van der Waals surface area contributed by atoms with E-state index in [1.54, 1.807) is 19.2 Å². The highest BCUT2D eigenvalue weighted by molar-refractivity contribution is 5.88. The first-order valence-corrected chi connectivity index (χ1v) is 9.22. The van der Waals surface area contributed by atoms with Crippen LogP contribution in [0.3, 0.4) is 0 Å². The molecule has 0 aliphatic heterocycles. The number of methoxy groups -OCH3 is 1. The molecule has 2 N–H and O–H groups in total. The zero-order valence-electron chi connectivity index (χ0n) is 16.1. The van der Waals surface area contributed by atoms with Gasteiger partial charge in [-0.05, 0) is 53.4 Å². The fraction of sp³-hybridized carbons (Fsp3) is 0.136. The monoisotopic (exact) mass is 388 g/mol. The molecule has 4 aromatic rings. The van der Waals surface area contributed by atoms with Crippen LogP contribution in [0.4, 0.5) is 11.5 Å². The van der Waals surface area contributed by atoms with Gasteiger partial charge >= 0.3 is 5.69 Å². The van der Waals surface area contributed by atoms with Crippen LogP contribution in [0.1, 0.15) is 12.5 Å². The number of rotatable bonds is 5. The van der Waals surface area contributed by atoms with Gasteiger partial charge in [0.1, 0.15) is 11.6 Å². The molecule has 0 unspecified atom stereocenters. The summed E-state index contributed by atoms with van der Waals surface area (Å²) in [6.45, 7) is 2.09. The Kier molecular flexibility index (Phi) is 4.87. The van der Waals surface area contributed by atoms with E-state index in [9.17, 15) is 10.0 Å². The minimum atomic E-state index is -0.797. The van der Waals surface area contributed by atoms with Crippen LogP contribution in [0.2, 0.25) is 0 Å². The van der Waals surface area contributed by atoms with Crippen LogP contribution >= 0.6 is 0 Å². The van der Waals surface area contributed by atoms with Crippen LogP contribution < -0.4 is 15.7 Å². The highest BCUT2D eigenvalue weighted by Crippen LogP contribution is 2.30. The van der Waals surface area contributed by atoms with Gasteiger partial charge in [0, 0.05) is 11.9 Å². The van der Waals surface area contributed by atoms with E-state index in [0.29, 0.717) is 15.9 Å². The van der Waals surface area contributed by atoms with Crippen molar-refractivity contribution in [3.05, 3.63) is 76.8 Å². The number of fused-ring (bicyclic) bond motifs is 1. The number of ether oxygens (including phenoxy) is 1. The number of nitrogens with zero attached hydrogens (tertiary/aromatic N) is 3. The van der Waals surface area contributed by atoms with Crippen LogP contribution in [0.5, 0.6) is 5.75 Å². The van der Waals surface area contributed by atoms with Crippen molar-refractivity contribution in [2.45, 2.75) is 13.3 Å². The molecule has 0 saturated carbocycles. The predicted molar refractivity (Wildman–Crippen MR) is 112 cm³/mol. The van der Waals surface area contributed by atoms with Crippen LogP contribution in [0.15, 0.2) is 65.6 Å². The average molecular weight is 388 g/mol. The number of anilines is 2. The van der Waals surface area contributed by atoms with E-state index in [0.717, 1.165) is 34.5 Å². The van der Waals surface area contributed by atoms with Crippen molar-refractivity contribution in [1.82, 2.24) is 14.7 Å². The fourth-order valence-electron chi connectivity index (χ4n) is 3.27. The molecular formula is C22H20N4O3. The summed E-state index contributed by atoms with van der Waals surface area (Å²) in [4.78, 5) is 20.0. The van der Waals surface area contributed by atoms with Gasteiger partial charge in [-0.1, -0.05) is 31.2 Å². The molecule has 0 spiro atoms. The Morgan fingerprint density at radius 3 is 2.72 bits per heavy atom. The summed E-state index contributed by atoms with van der Waals surface area (Å²) in [5.74, 6) is 1.19. The lowest BCUT2D eigenvalue weighted by atomic mass is 10.0. The Balaban J connectivity index is 1.74. The molecular weight excluding hydrogens is 368 g/mol. The lowest BCUT2D eigenvalue weighted by Gasteiger charge is -2.12. The van der Waals surface area contributed by atoms with Gasteiger partial charge in [-0.15, -0.1) is 4.73 Å². The van der Waals surface area contributed by atoms with Gasteiger partial charge in [-0.2, -0.15) is 4.98 Å². The topological polar surface area (TPSA) is 89.3 Å². The van der Waals surface area contributed by atoms with E-state index in [2.05, 4.69) is 34.3 Å². The maximum Gasteiger partial charge on any atom is 0.384 e. The molecule has 2 aromatic carbocycles. The van der Waals surface area contributed by atoms with Gasteiger partial charge < -0.3 is 15.3 Å². The second kappa shape index (κ2) is 7.63. The minimum Gasteiger partial charge on any atom is -0.496 e. The van der Waals surface area contributed by atoms with Crippen molar-refractivity contribution in [2.24, 2.45) is 0 Å². The molecule has 7 nitrogen and oxygen atoms in total. The fourth-order valence-corrected chi connectivity index (χ4v) is 3.27. The van der Waals surface area contributed by atoms with Gasteiger partial charge in [0.05, 0.1) is 12.5 Å². The van der Waals surface area contributed by atoms with E-state index >= 15 is 0 Å². The summed E-state index contributed by atoms with van der Waals surface area (Å²) >= 11 is 0. The predicted octanol–water partition coefficient (Wildman–Crippen LogP) is 4.01. The molecule has 0 fully saturated rings. The summed E-state index contributed by atoms with van der Waals surface area (Å²) in [6, 6.07) is 17.4. The van der Waals surface area contributed by atoms with Crippen molar-refractivity contribution in [3.63, 3.8) is 0 Å². The van der Waals surface area contributed by atoms with Crippen molar-refractivity contribution < 1.29 is 9.94 Å². The van der Waals surface area contributed by atoms with Gasteiger partial charge in [0.2, 0.25) is 0 Å². The third-order valence-corrected chi connectivity index (χ3v) is 4.76. The van der Waals surface area contributed by atoms with Crippen LogP contribution in [-0.4, -0.2) is 27.0 Å². The molecule has 0 amide bonds. The SMILES string of the molecule is CCc1ccc(-c2cccc(Nc3nc(=O)n(O)c4ncccc34)c2)cc1OC. The van der Waals surface area contributed by atoms with Gasteiger partial charge in [0.15, 0.2) is 5.65 Å². The van der Waals surface area contributed by atoms with E-state index in [-0.39, 0.29) is 5.65 Å². The Labute approximate surface area is 167 Å². The summed E-state index contributed by atoms with van der Waals surface area (Å²) in [7, 11) is 1.67. The molecule has 0 radical (unpaired) electrons. The van der Waals surface area contributed by atoms with Crippen LogP contribution in [0, 0.1) is 0 Å². The smallest absolute Gasteiger partial charge is 0.384 e. The summed E-state index contributed by atoms with van der Waals surface area (Å²) < 4.78 is 5.95. The van der Waals surface area contributed by atoms with Gasteiger partial charge in [0.25, 0.3) is 0 Å². The highest BCUT2D eigenvalue weighted by Gasteiger charge is 2.11. The average Bonchev–Trinajstić information content (AvgIpc) is 2.77. The van der Waals surface area contributed by atoms with Gasteiger partial charge in [-0.3, -0.25) is 0 Å². The number of nitrogens with one attached hydrogen (secondary N) is 1. The lowest BCUT2D eigenvalue weighted by Crippen LogP contribution is -2.23. The molecule has 0 aliphatic carbocycles. The number of aromatic nitrogens is 3. The normalized spacial score (nSPS) is 10.8. The summed E-state index contributed by atoms with van der Waals surface area (Å²) in [5.41, 5.74) is 3.27. The number of pyridine rings is 1. The maximum absolute atomic E-state index is 12.0. The summed E-state index contributed by atoms with van der Waals surface area (Å²) in [6.07, 6.45) is 2.40. The Bertz CT molecular complexity index is 1250. The Morgan fingerprint density at radius 2 is 1.93 bits per heavy atom. The van der Waals surface area contributed by atoms with Crippen LogP contribution in [-0.2, 0) is 6.42 Å². The van der Waals surface area contributed by atoms with E-state index < -0.39 is 5.69 Å². The molecule has 0 atom stereocenters. The molecule has 146 valence electrons. The quantitative estimate of drug-likeness (QED) is 0.502. The van der Waals surface area contributed by atoms with Crippen molar-refractivity contribution in [3.8, 4) is 16.9 Å². The standard InChI is InChI=1S/C22H20N4O3/c1-3-14-9-10-16(13-19(14)29-2)15-6-4-7-17(12-15)24-20-18-8-5-11-23-21(18)26(28)22(27)25-20/h4-13,28H,3H2,1-2H3,(H,24,25,27). The van der Waals surface area contributed by atoms with E-state index in [1.165, 1.54) is 6.20 Å². The first kappa shape index (κ1) is 18.5.